The van der Waals surface area contributed by atoms with Crippen molar-refractivity contribution in [2.24, 2.45) is 0 Å². The number of anilines is 1. The third kappa shape index (κ3) is 6.98. The zero-order valence-corrected chi connectivity index (χ0v) is 16.2. The molecule has 0 heterocycles. The van der Waals surface area contributed by atoms with Gasteiger partial charge in [0.15, 0.2) is 0 Å². The summed E-state index contributed by atoms with van der Waals surface area (Å²) in [4.78, 5) is 23.0. The predicted octanol–water partition coefficient (Wildman–Crippen LogP) is 2.27. The molecule has 2 aromatic rings. The van der Waals surface area contributed by atoms with Gasteiger partial charge in [0.25, 0.3) is 0 Å². The number of carbonyl (C=O) groups is 2. The number of ether oxygens (including phenoxy) is 1. The number of carbonyl (C=O) groups excluding carboxylic acids is 2. The normalized spacial score (nSPS) is 11.3. The van der Waals surface area contributed by atoms with Crippen LogP contribution in [0, 0.1) is 0 Å². The topological polar surface area (TPSA) is 102 Å². The molecular weight excluding hydrogens is 380 g/mol. The van der Waals surface area contributed by atoms with Gasteiger partial charge in [0.05, 0.1) is 11.5 Å². The highest BCUT2D eigenvalue weighted by Gasteiger charge is 2.13. The third-order valence-electron chi connectivity index (χ3n) is 3.64. The number of nitrogens with one attached hydrogen (secondary N) is 2. The zero-order valence-electron chi connectivity index (χ0n) is 15.4. The van der Waals surface area contributed by atoms with Crippen LogP contribution in [0.4, 0.5) is 5.69 Å². The minimum atomic E-state index is -3.64. The highest BCUT2D eigenvalue weighted by atomic mass is 32.2. The van der Waals surface area contributed by atoms with Crippen molar-refractivity contribution in [1.29, 1.82) is 0 Å². The van der Waals surface area contributed by atoms with Crippen molar-refractivity contribution in [3.8, 4) is 0 Å². The van der Waals surface area contributed by atoms with E-state index in [-0.39, 0.29) is 18.0 Å². The van der Waals surface area contributed by atoms with Gasteiger partial charge in [0.1, 0.15) is 0 Å². The Bertz CT molecular complexity index is 923. The van der Waals surface area contributed by atoms with Crippen LogP contribution in [-0.4, -0.2) is 33.4 Å². The molecule has 0 saturated heterocycles. The van der Waals surface area contributed by atoms with Gasteiger partial charge in [-0.05, 0) is 43.2 Å². The van der Waals surface area contributed by atoms with Crippen LogP contribution in [0.1, 0.15) is 12.5 Å². The summed E-state index contributed by atoms with van der Waals surface area (Å²) in [6, 6.07) is 15.3. The molecule has 8 heteroatoms. The van der Waals surface area contributed by atoms with Crippen LogP contribution in [0.25, 0.3) is 0 Å². The Labute approximate surface area is 164 Å². The van der Waals surface area contributed by atoms with E-state index in [1.165, 1.54) is 24.3 Å². The molecule has 0 radical (unpaired) electrons. The monoisotopic (exact) mass is 402 g/mol. The zero-order chi connectivity index (χ0) is 20.4. The fourth-order valence-electron chi connectivity index (χ4n) is 2.29. The molecule has 0 fully saturated rings. The van der Waals surface area contributed by atoms with E-state index in [0.717, 1.165) is 17.7 Å². The number of amides is 1. The van der Waals surface area contributed by atoms with Gasteiger partial charge in [-0.3, -0.25) is 4.79 Å². The molecule has 148 valence electrons. The number of hydrogen-bond acceptors (Lipinski definition) is 5. The van der Waals surface area contributed by atoms with Crippen LogP contribution in [-0.2, 0) is 30.8 Å². The Kier molecular flexibility index (Phi) is 7.91. The van der Waals surface area contributed by atoms with Gasteiger partial charge in [0.2, 0.25) is 15.9 Å². The van der Waals surface area contributed by atoms with Gasteiger partial charge in [-0.15, -0.1) is 0 Å². The molecule has 0 aliphatic rings. The highest BCUT2D eigenvalue weighted by molar-refractivity contribution is 7.89. The Hall–Kier alpha value is -2.97. The Balaban J connectivity index is 1.89. The summed E-state index contributed by atoms with van der Waals surface area (Å²) in [7, 11) is -3.64. The second-order valence-electron chi connectivity index (χ2n) is 5.73. The van der Waals surface area contributed by atoms with Crippen molar-refractivity contribution in [3.05, 3.63) is 72.3 Å². The first-order chi connectivity index (χ1) is 13.4. The van der Waals surface area contributed by atoms with E-state index in [4.69, 9.17) is 0 Å². The van der Waals surface area contributed by atoms with Gasteiger partial charge in [-0.1, -0.05) is 30.3 Å². The molecule has 1 amide bonds. The second kappa shape index (κ2) is 10.4. The lowest BCUT2D eigenvalue weighted by molar-refractivity contribution is -0.137. The molecule has 2 aromatic carbocycles. The maximum atomic E-state index is 12.3. The van der Waals surface area contributed by atoms with E-state index >= 15 is 0 Å². The van der Waals surface area contributed by atoms with Gasteiger partial charge < -0.3 is 10.1 Å². The van der Waals surface area contributed by atoms with Crippen LogP contribution in [0.3, 0.4) is 0 Å². The van der Waals surface area contributed by atoms with Crippen molar-refractivity contribution >= 4 is 27.6 Å². The largest absolute Gasteiger partial charge is 0.463 e. The smallest absolute Gasteiger partial charge is 0.330 e. The average Bonchev–Trinajstić information content (AvgIpc) is 2.68. The van der Waals surface area contributed by atoms with Gasteiger partial charge in [-0.25, -0.2) is 17.9 Å². The fraction of sp³-hybridized carbons (Fsp3) is 0.200. The van der Waals surface area contributed by atoms with Crippen LogP contribution in [0.2, 0.25) is 0 Å². The van der Waals surface area contributed by atoms with Crippen molar-refractivity contribution in [2.45, 2.75) is 18.2 Å². The Morgan fingerprint density at radius 3 is 2.32 bits per heavy atom. The molecule has 0 spiro atoms. The summed E-state index contributed by atoms with van der Waals surface area (Å²) in [5, 5.41) is 2.53. The van der Waals surface area contributed by atoms with Crippen molar-refractivity contribution in [3.63, 3.8) is 0 Å². The third-order valence-corrected chi connectivity index (χ3v) is 5.12. The minimum Gasteiger partial charge on any atom is -0.463 e. The summed E-state index contributed by atoms with van der Waals surface area (Å²) in [6.07, 6.45) is 2.66. The van der Waals surface area contributed by atoms with E-state index in [1.807, 2.05) is 30.3 Å². The van der Waals surface area contributed by atoms with Crippen LogP contribution in [0.5, 0.6) is 0 Å². The number of sulfonamides is 1. The van der Waals surface area contributed by atoms with E-state index < -0.39 is 21.9 Å². The summed E-state index contributed by atoms with van der Waals surface area (Å²) in [5.74, 6) is -1.13. The summed E-state index contributed by atoms with van der Waals surface area (Å²) in [6.45, 7) is 2.17. The lowest BCUT2D eigenvalue weighted by Gasteiger charge is -2.08. The first kappa shape index (κ1) is 21.3. The van der Waals surface area contributed by atoms with Gasteiger partial charge >= 0.3 is 5.97 Å². The van der Waals surface area contributed by atoms with Crippen molar-refractivity contribution < 1.29 is 22.7 Å². The molecule has 28 heavy (non-hydrogen) atoms. The minimum absolute atomic E-state index is 0.0978. The predicted molar refractivity (Wildman–Crippen MR) is 106 cm³/mol. The summed E-state index contributed by atoms with van der Waals surface area (Å²) >= 11 is 0. The van der Waals surface area contributed by atoms with E-state index in [0.29, 0.717) is 12.1 Å². The molecular formula is C20H22N2O5S. The van der Waals surface area contributed by atoms with Crippen LogP contribution >= 0.6 is 0 Å². The molecule has 2 rings (SSSR count). The molecule has 2 N–H and O–H groups in total. The first-order valence-corrected chi connectivity index (χ1v) is 10.2. The number of rotatable bonds is 9. The molecule has 0 unspecified atom stereocenters. The summed E-state index contributed by atoms with van der Waals surface area (Å²) in [5.41, 5.74) is 1.45. The van der Waals surface area contributed by atoms with E-state index in [9.17, 15) is 18.0 Å². The number of esters is 1. The standard InChI is InChI=1S/C20H22N2O5S/c1-2-27-20(24)13-12-19(23)22-17-8-10-18(11-9-17)28(25,26)21-15-14-16-6-4-3-5-7-16/h3-13,21H,2,14-15H2,1H3,(H,22,23). The molecule has 0 bridgehead atoms. The molecule has 0 aromatic heterocycles. The molecule has 0 aliphatic heterocycles. The maximum Gasteiger partial charge on any atom is 0.330 e. The highest BCUT2D eigenvalue weighted by Crippen LogP contribution is 2.14. The molecule has 0 saturated carbocycles. The molecule has 0 atom stereocenters. The Morgan fingerprint density at radius 1 is 1.00 bits per heavy atom. The van der Waals surface area contributed by atoms with Crippen molar-refractivity contribution in [1.82, 2.24) is 4.72 Å². The number of hydrogen-bond donors (Lipinski definition) is 2. The lowest BCUT2D eigenvalue weighted by atomic mass is 10.2. The molecule has 0 aliphatic carbocycles. The fourth-order valence-corrected chi connectivity index (χ4v) is 3.33. The van der Waals surface area contributed by atoms with Gasteiger partial charge in [0, 0.05) is 24.4 Å². The average molecular weight is 402 g/mol. The van der Waals surface area contributed by atoms with Crippen LogP contribution < -0.4 is 10.0 Å². The van der Waals surface area contributed by atoms with Crippen LogP contribution in [0.15, 0.2) is 71.6 Å². The van der Waals surface area contributed by atoms with E-state index in [1.54, 1.807) is 6.92 Å². The lowest BCUT2D eigenvalue weighted by Crippen LogP contribution is -2.26. The maximum absolute atomic E-state index is 12.3. The van der Waals surface area contributed by atoms with Crippen molar-refractivity contribution in [2.75, 3.05) is 18.5 Å². The van der Waals surface area contributed by atoms with Gasteiger partial charge in [-0.2, -0.15) is 0 Å². The number of benzene rings is 2. The van der Waals surface area contributed by atoms with E-state index in [2.05, 4.69) is 14.8 Å². The first-order valence-electron chi connectivity index (χ1n) is 8.70. The Morgan fingerprint density at radius 2 is 1.68 bits per heavy atom. The quantitative estimate of drug-likeness (QED) is 0.495. The second-order valence-corrected chi connectivity index (χ2v) is 7.50. The molecule has 7 nitrogen and oxygen atoms in total. The SMILES string of the molecule is CCOC(=O)C=CC(=O)Nc1ccc(S(=O)(=O)NCCc2ccccc2)cc1. The summed E-state index contributed by atoms with van der Waals surface area (Å²) < 4.78 is 31.9.